The summed E-state index contributed by atoms with van der Waals surface area (Å²) in [5.74, 6) is -0.845. The Morgan fingerprint density at radius 2 is 2.19 bits per heavy atom. The van der Waals surface area contributed by atoms with Gasteiger partial charge in [0.15, 0.2) is 5.82 Å². The number of ether oxygens (including phenoxy) is 1. The van der Waals surface area contributed by atoms with Gasteiger partial charge in [-0.05, 0) is 18.2 Å². The minimum Gasteiger partial charge on any atom is -0.484 e. The van der Waals surface area contributed by atoms with E-state index in [-0.39, 0.29) is 17.9 Å². The molecular formula is C11H12N4O5S. The van der Waals surface area contributed by atoms with E-state index in [2.05, 4.69) is 10.1 Å². The number of hydrogen-bond donors (Lipinski definition) is 2. The zero-order valence-electron chi connectivity index (χ0n) is 10.9. The van der Waals surface area contributed by atoms with Crippen molar-refractivity contribution in [1.29, 1.82) is 0 Å². The lowest BCUT2D eigenvalue weighted by Gasteiger charge is -2.10. The Labute approximate surface area is 120 Å². The van der Waals surface area contributed by atoms with Crippen LogP contribution in [0.1, 0.15) is 16.2 Å². The largest absolute Gasteiger partial charge is 0.484 e. The number of aromatic carboxylic acids is 1. The number of carboxylic acid groups (broad SMARTS) is 1. The summed E-state index contributed by atoms with van der Waals surface area (Å²) >= 11 is 0. The fourth-order valence-electron chi connectivity index (χ4n) is 1.58. The fourth-order valence-corrected chi connectivity index (χ4v) is 2.27. The molecule has 0 bridgehead atoms. The molecule has 2 aromatic rings. The quantitative estimate of drug-likeness (QED) is 0.775. The molecule has 0 saturated heterocycles. The Morgan fingerprint density at radius 1 is 1.48 bits per heavy atom. The minimum atomic E-state index is -4.12. The number of rotatable bonds is 5. The molecule has 0 atom stereocenters. The lowest BCUT2D eigenvalue weighted by atomic mass is 10.2. The summed E-state index contributed by atoms with van der Waals surface area (Å²) in [6, 6.07) is 3.41. The number of benzene rings is 1. The van der Waals surface area contributed by atoms with Crippen molar-refractivity contribution in [2.45, 2.75) is 11.5 Å². The highest BCUT2D eigenvalue weighted by molar-refractivity contribution is 7.89. The van der Waals surface area contributed by atoms with Crippen molar-refractivity contribution in [1.82, 2.24) is 14.8 Å². The number of aryl methyl sites for hydroxylation is 1. The van der Waals surface area contributed by atoms with Gasteiger partial charge >= 0.3 is 5.97 Å². The molecule has 0 radical (unpaired) electrons. The summed E-state index contributed by atoms with van der Waals surface area (Å²) in [5, 5.41) is 17.8. The molecule has 0 aliphatic carbocycles. The number of aromatic nitrogens is 3. The van der Waals surface area contributed by atoms with Gasteiger partial charge < -0.3 is 9.84 Å². The average molecular weight is 312 g/mol. The van der Waals surface area contributed by atoms with Crippen molar-refractivity contribution >= 4 is 16.0 Å². The van der Waals surface area contributed by atoms with E-state index < -0.39 is 20.9 Å². The smallest absolute Gasteiger partial charge is 0.335 e. The van der Waals surface area contributed by atoms with Crippen LogP contribution in [-0.4, -0.2) is 34.3 Å². The second kappa shape index (κ2) is 5.50. The van der Waals surface area contributed by atoms with Gasteiger partial charge in [-0.2, -0.15) is 5.10 Å². The monoisotopic (exact) mass is 312 g/mol. The van der Waals surface area contributed by atoms with Crippen LogP contribution in [0.15, 0.2) is 29.4 Å². The second-order valence-corrected chi connectivity index (χ2v) is 5.63. The van der Waals surface area contributed by atoms with Gasteiger partial charge in [0, 0.05) is 7.05 Å². The van der Waals surface area contributed by atoms with Crippen LogP contribution in [0.5, 0.6) is 5.75 Å². The predicted molar refractivity (Wildman–Crippen MR) is 70.1 cm³/mol. The molecule has 0 fully saturated rings. The molecule has 0 unspecified atom stereocenters. The maximum absolute atomic E-state index is 11.5. The zero-order chi connectivity index (χ0) is 15.6. The third-order valence-electron chi connectivity index (χ3n) is 2.66. The Kier molecular flexibility index (Phi) is 3.91. The van der Waals surface area contributed by atoms with Gasteiger partial charge in [-0.15, -0.1) is 0 Å². The van der Waals surface area contributed by atoms with Crippen LogP contribution in [0.2, 0.25) is 0 Å². The SMILES string of the molecule is Cn1ncnc1COc1ccc(C(=O)O)cc1S(N)(=O)=O. The van der Waals surface area contributed by atoms with E-state index in [1.165, 1.54) is 23.1 Å². The van der Waals surface area contributed by atoms with Crippen molar-refractivity contribution in [3.63, 3.8) is 0 Å². The number of nitrogens with two attached hydrogens (primary N) is 1. The lowest BCUT2D eigenvalue weighted by molar-refractivity contribution is 0.0696. The Bertz CT molecular complexity index is 784. The number of carbonyl (C=O) groups is 1. The highest BCUT2D eigenvalue weighted by Gasteiger charge is 2.18. The molecule has 1 heterocycles. The van der Waals surface area contributed by atoms with E-state index in [1.54, 1.807) is 7.05 Å². The third kappa shape index (κ3) is 3.35. The van der Waals surface area contributed by atoms with Gasteiger partial charge in [0.25, 0.3) is 0 Å². The molecule has 112 valence electrons. The topological polar surface area (TPSA) is 137 Å². The highest BCUT2D eigenvalue weighted by Crippen LogP contribution is 2.25. The summed E-state index contributed by atoms with van der Waals surface area (Å²) in [7, 11) is -2.47. The van der Waals surface area contributed by atoms with E-state index in [4.69, 9.17) is 15.0 Å². The Hall–Kier alpha value is -2.46. The van der Waals surface area contributed by atoms with E-state index in [0.29, 0.717) is 5.82 Å². The van der Waals surface area contributed by atoms with Crippen LogP contribution >= 0.6 is 0 Å². The molecule has 1 aromatic carbocycles. The first-order chi connectivity index (χ1) is 9.79. The minimum absolute atomic E-state index is 0.0363. The van der Waals surface area contributed by atoms with Crippen molar-refractivity contribution in [2.24, 2.45) is 12.2 Å². The van der Waals surface area contributed by atoms with Crippen LogP contribution < -0.4 is 9.88 Å². The van der Waals surface area contributed by atoms with Gasteiger partial charge in [0.05, 0.1) is 5.56 Å². The van der Waals surface area contributed by atoms with Crippen molar-refractivity contribution in [2.75, 3.05) is 0 Å². The standard InChI is InChI=1S/C11H12N4O5S/c1-15-10(13-6-14-15)5-20-8-3-2-7(11(16)17)4-9(8)21(12,18)19/h2-4,6H,5H2,1H3,(H,16,17)(H2,12,18,19). The maximum Gasteiger partial charge on any atom is 0.335 e. The van der Waals surface area contributed by atoms with Crippen LogP contribution in [-0.2, 0) is 23.7 Å². The molecule has 1 aromatic heterocycles. The van der Waals surface area contributed by atoms with Crippen LogP contribution in [0.25, 0.3) is 0 Å². The number of primary sulfonamides is 1. The van der Waals surface area contributed by atoms with Crippen molar-refractivity contribution < 1.29 is 23.1 Å². The summed E-state index contributed by atoms with van der Waals surface area (Å²) in [6.45, 7) is -0.0363. The van der Waals surface area contributed by atoms with E-state index in [9.17, 15) is 13.2 Å². The predicted octanol–water partition coefficient (Wildman–Crippen LogP) is -0.260. The molecule has 21 heavy (non-hydrogen) atoms. The summed E-state index contributed by atoms with van der Waals surface area (Å²) in [6.07, 6.45) is 1.33. The van der Waals surface area contributed by atoms with Gasteiger partial charge in [0.1, 0.15) is 23.6 Å². The zero-order valence-corrected chi connectivity index (χ0v) is 11.7. The normalized spacial score (nSPS) is 11.3. The number of sulfonamides is 1. The average Bonchev–Trinajstić information content (AvgIpc) is 2.80. The molecule has 0 aliphatic heterocycles. The maximum atomic E-state index is 11.5. The first-order valence-corrected chi connectivity index (χ1v) is 7.19. The Morgan fingerprint density at radius 3 is 2.71 bits per heavy atom. The van der Waals surface area contributed by atoms with Crippen LogP contribution in [0, 0.1) is 0 Å². The molecule has 0 amide bonds. The molecule has 0 saturated carbocycles. The van der Waals surface area contributed by atoms with Crippen LogP contribution in [0.4, 0.5) is 0 Å². The van der Waals surface area contributed by atoms with Gasteiger partial charge in [-0.25, -0.2) is 23.3 Å². The number of nitrogens with zero attached hydrogens (tertiary/aromatic N) is 3. The second-order valence-electron chi connectivity index (χ2n) is 4.10. The van der Waals surface area contributed by atoms with Gasteiger partial charge in [0.2, 0.25) is 10.0 Å². The molecule has 10 heteroatoms. The van der Waals surface area contributed by atoms with E-state index >= 15 is 0 Å². The molecule has 2 rings (SSSR count). The van der Waals surface area contributed by atoms with E-state index in [1.807, 2.05) is 0 Å². The molecule has 3 N–H and O–H groups in total. The first kappa shape index (κ1) is 14.9. The lowest BCUT2D eigenvalue weighted by Crippen LogP contribution is -2.15. The summed E-state index contributed by atoms with van der Waals surface area (Å²) in [5.41, 5.74) is -0.204. The molecular weight excluding hydrogens is 300 g/mol. The molecule has 0 aliphatic rings. The molecule has 0 spiro atoms. The van der Waals surface area contributed by atoms with E-state index in [0.717, 1.165) is 6.07 Å². The highest BCUT2D eigenvalue weighted by atomic mass is 32.2. The van der Waals surface area contributed by atoms with Crippen molar-refractivity contribution in [3.05, 3.63) is 35.9 Å². The summed E-state index contributed by atoms with van der Waals surface area (Å²) < 4.78 is 29.9. The number of carboxylic acids is 1. The first-order valence-electron chi connectivity index (χ1n) is 5.65. The van der Waals surface area contributed by atoms with Gasteiger partial charge in [-0.3, -0.25) is 4.68 Å². The summed E-state index contributed by atoms with van der Waals surface area (Å²) in [4.78, 5) is 14.4. The molecule has 9 nitrogen and oxygen atoms in total. The number of hydrogen-bond acceptors (Lipinski definition) is 6. The fraction of sp³-hybridized carbons (Fsp3) is 0.182. The Balaban J connectivity index is 2.35. The van der Waals surface area contributed by atoms with Crippen molar-refractivity contribution in [3.8, 4) is 5.75 Å². The van der Waals surface area contributed by atoms with Gasteiger partial charge in [-0.1, -0.05) is 0 Å². The third-order valence-corrected chi connectivity index (χ3v) is 3.59. The van der Waals surface area contributed by atoms with Crippen LogP contribution in [0.3, 0.4) is 0 Å².